The first-order valence-corrected chi connectivity index (χ1v) is 9.46. The van der Waals surface area contributed by atoms with E-state index in [1.165, 1.54) is 25.3 Å². The predicted octanol–water partition coefficient (Wildman–Crippen LogP) is 3.90. The van der Waals surface area contributed by atoms with Crippen molar-refractivity contribution in [3.05, 3.63) is 71.3 Å². The Balaban J connectivity index is 1.77. The fourth-order valence-corrected chi connectivity index (χ4v) is 2.94. The first-order valence-electron chi connectivity index (χ1n) is 9.46. The maximum absolute atomic E-state index is 13.9. The molecular formula is C21H20F4N4O3. The Kier molecular flexibility index (Phi) is 6.98. The molecule has 1 heterocycles. The first-order chi connectivity index (χ1) is 15.2. The average Bonchev–Trinajstić information content (AvgIpc) is 3.19. The van der Waals surface area contributed by atoms with E-state index >= 15 is 0 Å². The number of nitrogens with one attached hydrogen (secondary N) is 2. The van der Waals surface area contributed by atoms with E-state index in [4.69, 9.17) is 9.84 Å². The number of aliphatic hydroxyl groups excluding tert-OH is 1. The van der Waals surface area contributed by atoms with Crippen LogP contribution in [0.15, 0.2) is 48.5 Å². The van der Waals surface area contributed by atoms with Crippen molar-refractivity contribution in [3.63, 3.8) is 0 Å². The highest BCUT2D eigenvalue weighted by Gasteiger charge is 2.35. The number of aromatic nitrogens is 2. The molecule has 2 aromatic carbocycles. The highest BCUT2D eigenvalue weighted by atomic mass is 19.4. The van der Waals surface area contributed by atoms with E-state index in [0.717, 1.165) is 16.8 Å². The molecule has 32 heavy (non-hydrogen) atoms. The number of rotatable bonds is 7. The molecule has 2 amide bonds. The highest BCUT2D eigenvalue weighted by molar-refractivity contribution is 5.89. The molecule has 0 spiro atoms. The normalized spacial score (nSPS) is 11.3. The summed E-state index contributed by atoms with van der Waals surface area (Å²) >= 11 is 0. The molecule has 3 aromatic rings. The first kappa shape index (κ1) is 23.1. The molecule has 0 atom stereocenters. The van der Waals surface area contributed by atoms with Crippen molar-refractivity contribution in [2.75, 3.05) is 19.0 Å². The van der Waals surface area contributed by atoms with E-state index in [0.29, 0.717) is 17.0 Å². The van der Waals surface area contributed by atoms with Crippen LogP contribution in [-0.2, 0) is 19.1 Å². The van der Waals surface area contributed by atoms with Crippen molar-refractivity contribution < 1.29 is 32.2 Å². The lowest BCUT2D eigenvalue weighted by Gasteiger charge is -2.11. The molecule has 0 aliphatic heterocycles. The number of hydrogen-bond acceptors (Lipinski definition) is 4. The van der Waals surface area contributed by atoms with Crippen molar-refractivity contribution >= 4 is 11.7 Å². The number of amides is 2. The van der Waals surface area contributed by atoms with Crippen LogP contribution in [0.25, 0.3) is 5.69 Å². The molecule has 0 fully saturated rings. The standard InChI is InChI=1S/C21H20F4N4O3/c1-32-17-4-2-3-15(10-17)29-16(11-19(28-29)21(23,24)25)12-26-20(31)27-14-6-5-13(7-8-30)18(22)9-14/h2-6,9-11,30H,7-8,12H2,1H3,(H2,26,27,31). The van der Waals surface area contributed by atoms with E-state index in [1.54, 1.807) is 18.2 Å². The molecule has 3 rings (SSSR count). The van der Waals surface area contributed by atoms with Gasteiger partial charge in [-0.15, -0.1) is 0 Å². The van der Waals surface area contributed by atoms with Gasteiger partial charge in [0.2, 0.25) is 0 Å². The number of nitrogens with zero attached hydrogens (tertiary/aromatic N) is 2. The van der Waals surface area contributed by atoms with Crippen molar-refractivity contribution in [1.82, 2.24) is 15.1 Å². The van der Waals surface area contributed by atoms with Crippen LogP contribution in [0.2, 0.25) is 0 Å². The molecule has 0 saturated carbocycles. The van der Waals surface area contributed by atoms with Crippen LogP contribution in [-0.4, -0.2) is 34.6 Å². The van der Waals surface area contributed by atoms with Gasteiger partial charge in [-0.1, -0.05) is 12.1 Å². The fraction of sp³-hybridized carbons (Fsp3) is 0.238. The lowest BCUT2D eigenvalue weighted by atomic mass is 10.1. The molecule has 0 aliphatic rings. The summed E-state index contributed by atoms with van der Waals surface area (Å²) in [5.74, 6) is -0.169. The van der Waals surface area contributed by atoms with E-state index in [-0.39, 0.29) is 31.0 Å². The minimum Gasteiger partial charge on any atom is -0.497 e. The summed E-state index contributed by atoms with van der Waals surface area (Å²) in [5, 5.41) is 17.4. The largest absolute Gasteiger partial charge is 0.497 e. The molecular weight excluding hydrogens is 432 g/mol. The summed E-state index contributed by atoms with van der Waals surface area (Å²) in [7, 11) is 1.43. The van der Waals surface area contributed by atoms with Gasteiger partial charge in [0.05, 0.1) is 25.0 Å². The molecule has 0 bridgehead atoms. The Bertz CT molecular complexity index is 1100. The molecule has 0 radical (unpaired) electrons. The van der Waals surface area contributed by atoms with Crippen LogP contribution in [0.1, 0.15) is 17.0 Å². The fourth-order valence-electron chi connectivity index (χ4n) is 2.94. The number of ether oxygens (including phenoxy) is 1. The van der Waals surface area contributed by atoms with Gasteiger partial charge >= 0.3 is 12.2 Å². The quantitative estimate of drug-likeness (QED) is 0.475. The van der Waals surface area contributed by atoms with Crippen molar-refractivity contribution in [1.29, 1.82) is 0 Å². The van der Waals surface area contributed by atoms with Crippen molar-refractivity contribution in [2.45, 2.75) is 19.1 Å². The topological polar surface area (TPSA) is 88.4 Å². The maximum atomic E-state index is 13.9. The number of methoxy groups -OCH3 is 1. The van der Waals surface area contributed by atoms with Crippen LogP contribution >= 0.6 is 0 Å². The molecule has 0 aliphatic carbocycles. The molecule has 3 N–H and O–H groups in total. The van der Waals surface area contributed by atoms with Gasteiger partial charge in [0.15, 0.2) is 5.69 Å². The molecule has 11 heteroatoms. The Morgan fingerprint density at radius 1 is 1.19 bits per heavy atom. The number of carbonyl (C=O) groups excluding carboxylic acids is 1. The Labute approximate surface area is 180 Å². The summed E-state index contributed by atoms with van der Waals surface area (Å²) in [6, 6.07) is 10.4. The lowest BCUT2D eigenvalue weighted by Crippen LogP contribution is -2.29. The third kappa shape index (κ3) is 5.55. The van der Waals surface area contributed by atoms with Crippen molar-refractivity contribution in [3.8, 4) is 11.4 Å². The molecule has 0 unspecified atom stereocenters. The van der Waals surface area contributed by atoms with Gasteiger partial charge in [0, 0.05) is 18.4 Å². The zero-order chi connectivity index (χ0) is 23.3. The van der Waals surface area contributed by atoms with Crippen LogP contribution in [0.5, 0.6) is 5.75 Å². The second-order valence-corrected chi connectivity index (χ2v) is 6.72. The monoisotopic (exact) mass is 452 g/mol. The van der Waals surface area contributed by atoms with E-state index in [2.05, 4.69) is 15.7 Å². The minimum atomic E-state index is -4.67. The number of carbonyl (C=O) groups is 1. The second-order valence-electron chi connectivity index (χ2n) is 6.72. The lowest BCUT2D eigenvalue weighted by molar-refractivity contribution is -0.141. The minimum absolute atomic E-state index is 0.0743. The van der Waals surface area contributed by atoms with Crippen LogP contribution in [0, 0.1) is 5.82 Å². The number of aliphatic hydroxyl groups is 1. The SMILES string of the molecule is COc1cccc(-n2nc(C(F)(F)F)cc2CNC(=O)Nc2ccc(CCO)c(F)c2)c1. The van der Waals surface area contributed by atoms with E-state index in [1.807, 2.05) is 0 Å². The van der Waals surface area contributed by atoms with Gasteiger partial charge in [0.25, 0.3) is 0 Å². The molecule has 1 aromatic heterocycles. The van der Waals surface area contributed by atoms with Crippen LogP contribution < -0.4 is 15.4 Å². The zero-order valence-electron chi connectivity index (χ0n) is 16.9. The number of halogens is 4. The molecule has 170 valence electrons. The van der Waals surface area contributed by atoms with E-state index in [9.17, 15) is 22.4 Å². The number of urea groups is 1. The van der Waals surface area contributed by atoms with Gasteiger partial charge in [-0.3, -0.25) is 0 Å². The van der Waals surface area contributed by atoms with Gasteiger partial charge < -0.3 is 20.5 Å². The second kappa shape index (κ2) is 9.69. The van der Waals surface area contributed by atoms with Crippen LogP contribution in [0.4, 0.5) is 28.0 Å². The summed E-state index contributed by atoms with van der Waals surface area (Å²) in [6.45, 7) is -0.498. The summed E-state index contributed by atoms with van der Waals surface area (Å²) in [5.41, 5.74) is -0.276. The Morgan fingerprint density at radius 3 is 2.62 bits per heavy atom. The summed E-state index contributed by atoms with van der Waals surface area (Å²) < 4.78 is 59.7. The van der Waals surface area contributed by atoms with Gasteiger partial charge in [-0.25, -0.2) is 13.9 Å². The van der Waals surface area contributed by atoms with Crippen molar-refractivity contribution in [2.24, 2.45) is 0 Å². The number of hydrogen-bond donors (Lipinski definition) is 3. The smallest absolute Gasteiger partial charge is 0.435 e. The van der Waals surface area contributed by atoms with Crippen LogP contribution in [0.3, 0.4) is 0 Å². The number of benzene rings is 2. The summed E-state index contributed by atoms with van der Waals surface area (Å²) in [6.07, 6.45) is -4.54. The van der Waals surface area contributed by atoms with E-state index < -0.39 is 23.7 Å². The van der Waals surface area contributed by atoms with Gasteiger partial charge in [-0.05, 0) is 42.3 Å². The van der Waals surface area contributed by atoms with Gasteiger partial charge in [0.1, 0.15) is 11.6 Å². The zero-order valence-corrected chi connectivity index (χ0v) is 16.9. The highest BCUT2D eigenvalue weighted by Crippen LogP contribution is 2.30. The maximum Gasteiger partial charge on any atom is 0.435 e. The summed E-state index contributed by atoms with van der Waals surface area (Å²) in [4.78, 5) is 12.2. The Hall–Kier alpha value is -3.60. The third-order valence-electron chi connectivity index (χ3n) is 4.49. The number of alkyl halides is 3. The molecule has 7 nitrogen and oxygen atoms in total. The number of anilines is 1. The predicted molar refractivity (Wildman–Crippen MR) is 108 cm³/mol. The average molecular weight is 452 g/mol. The molecule has 0 saturated heterocycles. The van der Waals surface area contributed by atoms with Gasteiger partial charge in [-0.2, -0.15) is 18.3 Å². The third-order valence-corrected chi connectivity index (χ3v) is 4.49. The Morgan fingerprint density at radius 2 is 1.97 bits per heavy atom.